The first-order valence-electron chi connectivity index (χ1n) is 11.4. The maximum atomic E-state index is 13.6. The van der Waals surface area contributed by atoms with E-state index in [4.69, 9.17) is 5.41 Å². The Labute approximate surface area is 189 Å². The first-order chi connectivity index (χ1) is 15.5. The Morgan fingerprint density at radius 3 is 2.22 bits per heavy atom. The predicted octanol–water partition coefficient (Wildman–Crippen LogP) is 2.64. The molecule has 0 spiro atoms. The Bertz CT molecular complexity index is 937. The summed E-state index contributed by atoms with van der Waals surface area (Å²) in [7, 11) is 0. The van der Waals surface area contributed by atoms with Crippen molar-refractivity contribution in [3.8, 4) is 5.75 Å². The average Bonchev–Trinajstić information content (AvgIpc) is 3.39. The van der Waals surface area contributed by atoms with Crippen molar-refractivity contribution in [3.63, 3.8) is 0 Å². The Balaban J connectivity index is 1.38. The summed E-state index contributed by atoms with van der Waals surface area (Å²) in [5.41, 5.74) is -0.0803. The van der Waals surface area contributed by atoms with Gasteiger partial charge in [-0.1, -0.05) is 61.4 Å². The van der Waals surface area contributed by atoms with Crippen molar-refractivity contribution in [1.82, 2.24) is 15.1 Å². The molecule has 4 rings (SSSR count). The molecule has 0 radical (unpaired) electrons. The molecule has 2 aromatic rings. The summed E-state index contributed by atoms with van der Waals surface area (Å²) in [6.07, 6.45) is 3.80. The van der Waals surface area contributed by atoms with E-state index in [0.29, 0.717) is 38.3 Å². The predicted molar refractivity (Wildman–Crippen MR) is 123 cm³/mol. The lowest BCUT2D eigenvalue weighted by atomic mass is 9.79. The molecule has 1 saturated carbocycles. The number of rotatable bonds is 5. The van der Waals surface area contributed by atoms with Gasteiger partial charge in [0.2, 0.25) is 0 Å². The van der Waals surface area contributed by atoms with Gasteiger partial charge < -0.3 is 25.3 Å². The number of amides is 1. The zero-order chi connectivity index (χ0) is 22.6. The monoisotopic (exact) mass is 436 g/mol. The summed E-state index contributed by atoms with van der Waals surface area (Å²) in [5, 5.41) is 33.0. The molecule has 1 heterocycles. The van der Waals surface area contributed by atoms with E-state index in [1.807, 2.05) is 47.4 Å². The second-order valence-electron chi connectivity index (χ2n) is 8.72. The summed E-state index contributed by atoms with van der Waals surface area (Å²) in [6, 6.07) is 16.4. The number of carbonyl (C=O) groups is 1. The Kier molecular flexibility index (Phi) is 6.65. The maximum absolute atomic E-state index is 13.6. The van der Waals surface area contributed by atoms with Gasteiger partial charge in [0.15, 0.2) is 11.6 Å². The molecule has 7 nitrogen and oxygen atoms in total. The first-order valence-corrected chi connectivity index (χ1v) is 11.4. The third kappa shape index (κ3) is 4.43. The van der Waals surface area contributed by atoms with Gasteiger partial charge in [-0.3, -0.25) is 10.2 Å². The highest BCUT2D eigenvalue weighted by molar-refractivity contribution is 5.87. The highest BCUT2D eigenvalue weighted by Crippen LogP contribution is 2.42. The second-order valence-corrected chi connectivity index (χ2v) is 8.72. The number of para-hydroxylation sites is 1. The largest absolute Gasteiger partial charge is 0.508 e. The molecule has 2 fully saturated rings. The summed E-state index contributed by atoms with van der Waals surface area (Å²) in [6.45, 7) is 2.32. The van der Waals surface area contributed by atoms with Crippen molar-refractivity contribution >= 4 is 11.9 Å². The van der Waals surface area contributed by atoms with Gasteiger partial charge in [-0.15, -0.1) is 0 Å². The molecule has 2 aromatic carbocycles. The molecule has 170 valence electrons. The van der Waals surface area contributed by atoms with Crippen LogP contribution in [-0.4, -0.2) is 58.1 Å². The number of guanidine groups is 1. The van der Waals surface area contributed by atoms with E-state index >= 15 is 0 Å². The number of aliphatic hydroxyl groups is 1. The molecular formula is C25H32N4O3. The number of hydrogen-bond donors (Lipinski definition) is 4. The summed E-state index contributed by atoms with van der Waals surface area (Å²) < 4.78 is 0. The highest BCUT2D eigenvalue weighted by atomic mass is 16.3. The van der Waals surface area contributed by atoms with E-state index in [9.17, 15) is 15.0 Å². The van der Waals surface area contributed by atoms with E-state index in [-0.39, 0.29) is 23.5 Å². The van der Waals surface area contributed by atoms with Gasteiger partial charge in [0.25, 0.3) is 5.91 Å². The van der Waals surface area contributed by atoms with Crippen LogP contribution in [0.2, 0.25) is 0 Å². The normalized spacial score (nSPS) is 18.9. The molecule has 7 heteroatoms. The smallest absolute Gasteiger partial charge is 0.259 e. The van der Waals surface area contributed by atoms with Crippen LogP contribution in [0, 0.1) is 11.3 Å². The number of hydrogen-bond acceptors (Lipinski definition) is 4. The van der Waals surface area contributed by atoms with E-state index in [0.717, 1.165) is 31.2 Å². The maximum Gasteiger partial charge on any atom is 0.259 e. The molecule has 0 bridgehead atoms. The van der Waals surface area contributed by atoms with Crippen molar-refractivity contribution < 1.29 is 15.0 Å². The molecule has 1 aliphatic heterocycles. The van der Waals surface area contributed by atoms with Crippen molar-refractivity contribution in [2.75, 3.05) is 26.2 Å². The van der Waals surface area contributed by atoms with Gasteiger partial charge >= 0.3 is 0 Å². The topological polar surface area (TPSA) is 99.9 Å². The van der Waals surface area contributed by atoms with Gasteiger partial charge in [0.1, 0.15) is 5.75 Å². The molecule has 1 atom stereocenters. The van der Waals surface area contributed by atoms with Gasteiger partial charge in [0, 0.05) is 44.2 Å². The van der Waals surface area contributed by atoms with Crippen molar-refractivity contribution in [3.05, 3.63) is 65.7 Å². The Morgan fingerprint density at radius 1 is 0.969 bits per heavy atom. The number of benzene rings is 2. The van der Waals surface area contributed by atoms with E-state index in [1.54, 1.807) is 17.0 Å². The fraction of sp³-hybridized carbons (Fsp3) is 0.440. The minimum Gasteiger partial charge on any atom is -0.508 e. The van der Waals surface area contributed by atoms with Crippen LogP contribution in [0.3, 0.4) is 0 Å². The van der Waals surface area contributed by atoms with Crippen LogP contribution in [0.4, 0.5) is 0 Å². The quantitative estimate of drug-likeness (QED) is 0.427. The molecule has 0 aromatic heterocycles. The van der Waals surface area contributed by atoms with E-state index < -0.39 is 5.60 Å². The standard InChI is InChI=1S/C25H32N4O3/c26-24(27-18-19-8-4-7-13-22(19)30)29-16-14-28(15-17-29)23(31)25(32,21-11-5-6-12-21)20-9-2-1-3-10-20/h1-4,7-10,13,21,30,32H,5-6,11-12,14-18H2,(H2,26,27)/t25-/m0/s1. The molecular weight excluding hydrogens is 404 g/mol. The van der Waals surface area contributed by atoms with Gasteiger partial charge in [-0.2, -0.15) is 0 Å². The van der Waals surface area contributed by atoms with Gasteiger partial charge in [-0.25, -0.2) is 0 Å². The number of piperazine rings is 1. The van der Waals surface area contributed by atoms with Crippen molar-refractivity contribution in [1.29, 1.82) is 5.41 Å². The number of carbonyl (C=O) groups excluding carboxylic acids is 1. The number of aromatic hydroxyl groups is 1. The average molecular weight is 437 g/mol. The number of nitrogens with one attached hydrogen (secondary N) is 2. The molecule has 1 aliphatic carbocycles. The van der Waals surface area contributed by atoms with Gasteiger partial charge in [0.05, 0.1) is 0 Å². The molecule has 1 amide bonds. The molecule has 2 aliphatic rings. The lowest BCUT2D eigenvalue weighted by Gasteiger charge is -2.42. The van der Waals surface area contributed by atoms with Crippen LogP contribution in [0.15, 0.2) is 54.6 Å². The fourth-order valence-electron chi connectivity index (χ4n) is 4.89. The SMILES string of the molecule is N=C(NCc1ccccc1O)N1CCN(C(=O)[C@](O)(c2ccccc2)C2CCCC2)CC1. The fourth-order valence-corrected chi connectivity index (χ4v) is 4.89. The second kappa shape index (κ2) is 9.61. The molecule has 0 unspecified atom stereocenters. The zero-order valence-electron chi connectivity index (χ0n) is 18.3. The number of phenolic OH excluding ortho intramolecular Hbond substituents is 1. The summed E-state index contributed by atoms with van der Waals surface area (Å²) in [4.78, 5) is 17.2. The minimum atomic E-state index is -1.49. The molecule has 32 heavy (non-hydrogen) atoms. The number of nitrogens with zero attached hydrogens (tertiary/aromatic N) is 2. The lowest BCUT2D eigenvalue weighted by Crippen LogP contribution is -2.58. The highest BCUT2D eigenvalue weighted by Gasteiger charge is 2.48. The molecule has 1 saturated heterocycles. The van der Waals surface area contributed by atoms with Gasteiger partial charge in [-0.05, 0) is 24.5 Å². The number of phenols is 1. The van der Waals surface area contributed by atoms with Crippen LogP contribution in [-0.2, 0) is 16.9 Å². The lowest BCUT2D eigenvalue weighted by molar-refractivity contribution is -0.160. The van der Waals surface area contributed by atoms with E-state index in [1.165, 1.54) is 0 Å². The Hall–Kier alpha value is -3.06. The van der Waals surface area contributed by atoms with E-state index in [2.05, 4.69) is 5.32 Å². The van der Waals surface area contributed by atoms with Crippen LogP contribution in [0.1, 0.15) is 36.8 Å². The third-order valence-corrected chi connectivity index (χ3v) is 6.81. The molecule has 4 N–H and O–H groups in total. The summed E-state index contributed by atoms with van der Waals surface area (Å²) in [5.74, 6) is 0.197. The summed E-state index contributed by atoms with van der Waals surface area (Å²) >= 11 is 0. The van der Waals surface area contributed by atoms with Crippen LogP contribution in [0.5, 0.6) is 5.75 Å². The van der Waals surface area contributed by atoms with Crippen molar-refractivity contribution in [2.24, 2.45) is 5.92 Å². The van der Waals surface area contributed by atoms with Crippen LogP contribution < -0.4 is 5.32 Å². The third-order valence-electron chi connectivity index (χ3n) is 6.81. The van der Waals surface area contributed by atoms with Crippen molar-refractivity contribution in [2.45, 2.75) is 37.8 Å². The first kappa shape index (κ1) is 22.1. The van der Waals surface area contributed by atoms with Crippen LogP contribution in [0.25, 0.3) is 0 Å². The Morgan fingerprint density at radius 2 is 1.56 bits per heavy atom. The zero-order valence-corrected chi connectivity index (χ0v) is 18.3. The van der Waals surface area contributed by atoms with Crippen LogP contribution >= 0.6 is 0 Å². The minimum absolute atomic E-state index is 0.0612.